The summed E-state index contributed by atoms with van der Waals surface area (Å²) in [4.78, 5) is 10.3. The number of nitrogens with one attached hydrogen (secondary N) is 1. The normalized spacial score (nSPS) is 14.0. The zero-order valence-corrected chi connectivity index (χ0v) is 19.3. The first-order valence-corrected chi connectivity index (χ1v) is 10.5. The van der Waals surface area contributed by atoms with E-state index in [1.165, 1.54) is 6.07 Å². The number of hydrogen-bond acceptors (Lipinski definition) is 4. The molecular formula is C22H11Cl3F4N3O3-. The van der Waals surface area contributed by atoms with Crippen molar-refractivity contribution >= 4 is 57.9 Å². The highest BCUT2D eigenvalue weighted by molar-refractivity contribution is 6.39. The Hall–Kier alpha value is -3.30. The molecule has 35 heavy (non-hydrogen) atoms. The summed E-state index contributed by atoms with van der Waals surface area (Å²) < 4.78 is 57.4. The molecule has 0 bridgehead atoms. The smallest absolute Gasteiger partial charge is 0.431 e. The molecule has 0 heterocycles. The summed E-state index contributed by atoms with van der Waals surface area (Å²) in [5.41, 5.74) is -6.57. The third-order valence-corrected chi connectivity index (χ3v) is 5.75. The number of aliphatic hydroxyl groups is 1. The lowest BCUT2D eigenvalue weighted by Gasteiger charge is -2.29. The number of anilines is 1. The number of nitro groups is 1. The largest absolute Gasteiger partial charge is 0.763 e. The summed E-state index contributed by atoms with van der Waals surface area (Å²) in [6, 6.07) is 8.49. The summed E-state index contributed by atoms with van der Waals surface area (Å²) in [5, 5.41) is 31.5. The van der Waals surface area contributed by atoms with E-state index in [1.807, 2.05) is 0 Å². The van der Waals surface area contributed by atoms with Gasteiger partial charge in [-0.1, -0.05) is 46.9 Å². The van der Waals surface area contributed by atoms with Crippen molar-refractivity contribution in [2.24, 2.45) is 0 Å². The fourth-order valence-electron chi connectivity index (χ4n) is 3.18. The highest BCUT2D eigenvalue weighted by Gasteiger charge is 2.58. The molecule has 3 aromatic carbocycles. The maximum absolute atomic E-state index is 15.7. The molecule has 0 amide bonds. The highest BCUT2D eigenvalue weighted by atomic mass is 35.5. The van der Waals surface area contributed by atoms with Crippen molar-refractivity contribution in [2.75, 3.05) is 5.32 Å². The predicted octanol–water partition coefficient (Wildman–Crippen LogP) is 5.98. The molecule has 2 N–H and O–H groups in total. The number of aliphatic hydroxyl groups excluding tert-OH is 1. The number of nitro benzene ring substituents is 1. The number of halogens is 7. The Kier molecular flexibility index (Phi) is 7.33. The van der Waals surface area contributed by atoms with Gasteiger partial charge in [0.05, 0.1) is 25.9 Å². The molecule has 0 saturated carbocycles. The number of benzene rings is 3. The first kappa shape index (κ1) is 26.3. The summed E-state index contributed by atoms with van der Waals surface area (Å²) >= 11 is 17.9. The van der Waals surface area contributed by atoms with E-state index < -0.39 is 49.5 Å². The molecule has 0 aliphatic heterocycles. The van der Waals surface area contributed by atoms with Crippen LogP contribution in [-0.2, 0) is 5.67 Å². The van der Waals surface area contributed by atoms with Gasteiger partial charge >= 0.3 is 6.18 Å². The highest BCUT2D eigenvalue weighted by Crippen LogP contribution is 2.50. The van der Waals surface area contributed by atoms with E-state index in [0.29, 0.717) is 12.1 Å². The van der Waals surface area contributed by atoms with Crippen LogP contribution in [-0.4, -0.2) is 22.1 Å². The molecular weight excluding hydrogens is 537 g/mol. The predicted molar refractivity (Wildman–Crippen MR) is 125 cm³/mol. The second-order valence-corrected chi connectivity index (χ2v) is 8.30. The van der Waals surface area contributed by atoms with Gasteiger partial charge in [0.2, 0.25) is 0 Å². The Morgan fingerprint density at radius 2 is 1.54 bits per heavy atom. The SMILES string of the molecule is [N-]=C=c1ccc(=C(O)Nc2c(Cl)cc(C(F)(c3ccc(Cl)cc3)C(F)(F)F)cc2Cl)cc1[N+](=O)[O-]. The molecule has 6 nitrogen and oxygen atoms in total. The molecule has 0 aliphatic rings. The quantitative estimate of drug-likeness (QED) is 0.178. The molecule has 0 fully saturated rings. The van der Waals surface area contributed by atoms with Gasteiger partial charge in [0.25, 0.3) is 11.4 Å². The Morgan fingerprint density at radius 3 is 2.03 bits per heavy atom. The number of hydrogen-bond donors (Lipinski definition) is 2. The van der Waals surface area contributed by atoms with Crippen LogP contribution >= 0.6 is 34.8 Å². The summed E-state index contributed by atoms with van der Waals surface area (Å²) in [5.74, 6) is 0.916. The van der Waals surface area contributed by atoms with Gasteiger partial charge in [-0.15, -0.1) is 0 Å². The van der Waals surface area contributed by atoms with E-state index in [9.17, 15) is 28.4 Å². The van der Waals surface area contributed by atoms with Crippen LogP contribution in [0.25, 0.3) is 11.3 Å². The van der Waals surface area contributed by atoms with E-state index in [4.69, 9.17) is 40.2 Å². The molecule has 0 aliphatic carbocycles. The molecule has 182 valence electrons. The number of alkyl halides is 4. The van der Waals surface area contributed by atoms with Crippen molar-refractivity contribution in [1.29, 1.82) is 0 Å². The van der Waals surface area contributed by atoms with Crippen molar-refractivity contribution in [3.8, 4) is 0 Å². The number of rotatable bonds is 5. The lowest BCUT2D eigenvalue weighted by atomic mass is 9.87. The molecule has 1 atom stereocenters. The van der Waals surface area contributed by atoms with Crippen LogP contribution in [0.5, 0.6) is 0 Å². The van der Waals surface area contributed by atoms with Crippen LogP contribution in [0.3, 0.4) is 0 Å². The Bertz CT molecular complexity index is 1440. The fourth-order valence-corrected chi connectivity index (χ4v) is 3.89. The molecule has 1 unspecified atom stereocenters. The molecule has 0 spiro atoms. The van der Waals surface area contributed by atoms with Crippen LogP contribution < -0.4 is 15.8 Å². The average Bonchev–Trinajstić information content (AvgIpc) is 2.79. The maximum atomic E-state index is 15.7. The van der Waals surface area contributed by atoms with E-state index in [2.05, 4.69) is 5.32 Å². The van der Waals surface area contributed by atoms with Gasteiger partial charge < -0.3 is 15.8 Å². The van der Waals surface area contributed by atoms with Crippen molar-refractivity contribution in [3.63, 3.8) is 0 Å². The number of nitrogens with zero attached hydrogens (tertiary/aromatic N) is 2. The van der Waals surface area contributed by atoms with Gasteiger partial charge in [0, 0.05) is 27.4 Å². The molecule has 3 aromatic rings. The third kappa shape index (κ3) is 5.06. The Labute approximate surface area is 209 Å². The molecule has 13 heteroatoms. The van der Waals surface area contributed by atoms with Crippen molar-refractivity contribution in [2.45, 2.75) is 11.8 Å². The van der Waals surface area contributed by atoms with Crippen LogP contribution in [0.15, 0.2) is 54.6 Å². The fraction of sp³-hybridized carbons (Fsp3) is 0.0909. The van der Waals surface area contributed by atoms with Crippen LogP contribution in [0.1, 0.15) is 11.1 Å². The van der Waals surface area contributed by atoms with Gasteiger partial charge in [-0.2, -0.15) is 13.2 Å². The van der Waals surface area contributed by atoms with Crippen molar-refractivity contribution in [3.05, 3.63) is 107 Å². The van der Waals surface area contributed by atoms with Crippen LogP contribution in [0.2, 0.25) is 15.1 Å². The second kappa shape index (κ2) is 9.75. The minimum Gasteiger partial charge on any atom is -0.763 e. The van der Waals surface area contributed by atoms with Crippen LogP contribution in [0.4, 0.5) is 28.9 Å². The lowest BCUT2D eigenvalue weighted by molar-refractivity contribution is -0.385. The Balaban J connectivity index is 2.13. The lowest BCUT2D eigenvalue weighted by Crippen LogP contribution is -2.39. The van der Waals surface area contributed by atoms with Crippen LogP contribution in [0, 0.1) is 10.1 Å². The molecule has 0 saturated heterocycles. The average molecular weight is 548 g/mol. The topological polar surface area (TPSA) is 97.7 Å². The van der Waals surface area contributed by atoms with E-state index in [1.54, 1.807) is 5.87 Å². The summed E-state index contributed by atoms with van der Waals surface area (Å²) in [7, 11) is 0. The maximum Gasteiger partial charge on any atom is 0.431 e. The standard InChI is InChI=1S/C22H11Cl3F4N3O3/c23-15-5-3-13(4-6-15)21(26,22(27,28)29)14-8-16(24)19(17(25)9-14)31-20(33)11-1-2-12(10-30)18(7-11)32(34)35/h1-9,31,33H/q-1. The molecule has 0 aromatic heterocycles. The van der Waals surface area contributed by atoms with E-state index in [0.717, 1.165) is 36.4 Å². The first-order valence-electron chi connectivity index (χ1n) is 9.32. The zero-order valence-electron chi connectivity index (χ0n) is 17.0. The van der Waals surface area contributed by atoms with Gasteiger partial charge in [-0.3, -0.25) is 16.0 Å². The monoisotopic (exact) mass is 546 g/mol. The van der Waals surface area contributed by atoms with Crippen molar-refractivity contribution < 1.29 is 27.6 Å². The molecule has 0 radical (unpaired) electrons. The minimum atomic E-state index is -5.40. The molecule has 3 rings (SSSR count). The number of non-ortho nitro benzene ring substituents is 1. The van der Waals surface area contributed by atoms with E-state index >= 15 is 4.39 Å². The van der Waals surface area contributed by atoms with Gasteiger partial charge in [-0.05, 0) is 36.4 Å². The van der Waals surface area contributed by atoms with Gasteiger partial charge in [0.15, 0.2) is 5.88 Å². The summed E-state index contributed by atoms with van der Waals surface area (Å²) in [6.07, 6.45) is -5.40. The minimum absolute atomic E-state index is 0.0999. The van der Waals surface area contributed by atoms with E-state index in [-0.39, 0.29) is 21.1 Å². The Morgan fingerprint density at radius 1 is 0.971 bits per heavy atom. The van der Waals surface area contributed by atoms with Crippen molar-refractivity contribution in [1.82, 2.24) is 0 Å². The summed E-state index contributed by atoms with van der Waals surface area (Å²) in [6.45, 7) is 0. The van der Waals surface area contributed by atoms with Gasteiger partial charge in [0.1, 0.15) is 0 Å². The second-order valence-electron chi connectivity index (χ2n) is 7.05. The zero-order chi connectivity index (χ0) is 26.1. The third-order valence-electron chi connectivity index (χ3n) is 4.90. The van der Waals surface area contributed by atoms with Gasteiger partial charge in [-0.25, -0.2) is 4.39 Å². The first-order chi connectivity index (χ1) is 16.3.